The molecule has 0 aromatic carbocycles. The van der Waals surface area contributed by atoms with Crippen LogP contribution in [0.25, 0.3) is 0 Å². The Kier molecular flexibility index (Phi) is 4.19. The Labute approximate surface area is 114 Å². The highest BCUT2D eigenvalue weighted by Crippen LogP contribution is 2.32. The first-order valence-electron chi connectivity index (χ1n) is 6.94. The predicted molar refractivity (Wildman–Crippen MR) is 72.4 cm³/mol. The Bertz CT molecular complexity index is 436. The zero-order chi connectivity index (χ0) is 13.9. The van der Waals surface area contributed by atoms with Gasteiger partial charge < -0.3 is 15.2 Å². The number of hydrogen-bond acceptors (Lipinski definition) is 4. The van der Waals surface area contributed by atoms with Crippen molar-refractivity contribution in [1.82, 2.24) is 25.4 Å². The molecule has 1 aromatic heterocycles. The van der Waals surface area contributed by atoms with Crippen LogP contribution in [-0.4, -0.2) is 33.8 Å². The number of carbonyl (C=O) groups excluding carboxylic acids is 1. The van der Waals surface area contributed by atoms with Crippen molar-refractivity contribution in [2.75, 3.05) is 13.1 Å². The van der Waals surface area contributed by atoms with E-state index in [0.29, 0.717) is 0 Å². The summed E-state index contributed by atoms with van der Waals surface area (Å²) in [6.07, 6.45) is 4.51. The fraction of sp³-hybridized carbons (Fsp3) is 0.769. The molecule has 0 saturated carbocycles. The molecule has 106 valence electrons. The molecule has 1 fully saturated rings. The van der Waals surface area contributed by atoms with E-state index < -0.39 is 0 Å². The molecule has 1 aromatic rings. The minimum atomic E-state index is -0.248. The summed E-state index contributed by atoms with van der Waals surface area (Å²) in [4.78, 5) is 12.6. The van der Waals surface area contributed by atoms with E-state index in [1.165, 1.54) is 0 Å². The first-order valence-corrected chi connectivity index (χ1v) is 6.94. The molecule has 6 heteroatoms. The number of amides is 1. The van der Waals surface area contributed by atoms with Gasteiger partial charge in [-0.05, 0) is 26.3 Å². The van der Waals surface area contributed by atoms with Crippen molar-refractivity contribution in [2.45, 2.75) is 39.2 Å². The molecular weight excluding hydrogens is 242 g/mol. The zero-order valence-corrected chi connectivity index (χ0v) is 11.9. The SMILES string of the molecule is CCCC1(C(=O)NC(C)c2nncn2C)CCNC1. The van der Waals surface area contributed by atoms with Crippen LogP contribution < -0.4 is 10.6 Å². The minimum absolute atomic E-state index is 0.116. The average molecular weight is 265 g/mol. The van der Waals surface area contributed by atoms with E-state index >= 15 is 0 Å². The molecule has 1 aliphatic heterocycles. The Morgan fingerprint density at radius 2 is 2.47 bits per heavy atom. The molecule has 1 saturated heterocycles. The summed E-state index contributed by atoms with van der Waals surface area (Å²) in [5.41, 5.74) is -0.248. The smallest absolute Gasteiger partial charge is 0.228 e. The maximum absolute atomic E-state index is 12.6. The van der Waals surface area contributed by atoms with Crippen molar-refractivity contribution < 1.29 is 4.79 Å². The monoisotopic (exact) mass is 265 g/mol. The lowest BCUT2D eigenvalue weighted by Crippen LogP contribution is -2.43. The van der Waals surface area contributed by atoms with E-state index in [9.17, 15) is 4.79 Å². The second-order valence-electron chi connectivity index (χ2n) is 5.45. The summed E-state index contributed by atoms with van der Waals surface area (Å²) < 4.78 is 1.84. The Hall–Kier alpha value is -1.43. The van der Waals surface area contributed by atoms with Crippen LogP contribution in [0.4, 0.5) is 0 Å². The van der Waals surface area contributed by atoms with Crippen LogP contribution in [0.5, 0.6) is 0 Å². The molecule has 2 N–H and O–H groups in total. The number of nitrogens with one attached hydrogen (secondary N) is 2. The van der Waals surface area contributed by atoms with Crippen LogP contribution in [0.3, 0.4) is 0 Å². The zero-order valence-electron chi connectivity index (χ0n) is 11.9. The van der Waals surface area contributed by atoms with Gasteiger partial charge in [0.25, 0.3) is 0 Å². The van der Waals surface area contributed by atoms with Crippen molar-refractivity contribution in [3.8, 4) is 0 Å². The fourth-order valence-corrected chi connectivity index (χ4v) is 2.84. The number of carbonyl (C=O) groups is 1. The molecule has 2 rings (SSSR count). The average Bonchev–Trinajstić information content (AvgIpc) is 2.99. The number of aryl methyl sites for hydroxylation is 1. The van der Waals surface area contributed by atoms with Gasteiger partial charge in [0, 0.05) is 13.6 Å². The third-order valence-electron chi connectivity index (χ3n) is 3.94. The first kappa shape index (κ1) is 14.0. The highest BCUT2D eigenvalue weighted by atomic mass is 16.2. The lowest BCUT2D eigenvalue weighted by Gasteiger charge is -2.28. The molecule has 2 heterocycles. The molecule has 0 spiro atoms. The molecule has 1 amide bonds. The van der Waals surface area contributed by atoms with E-state index in [2.05, 4.69) is 27.8 Å². The molecule has 0 radical (unpaired) electrons. The van der Waals surface area contributed by atoms with Gasteiger partial charge in [-0.3, -0.25) is 4.79 Å². The van der Waals surface area contributed by atoms with Crippen LogP contribution in [0.1, 0.15) is 45.0 Å². The van der Waals surface area contributed by atoms with E-state index in [0.717, 1.165) is 38.2 Å². The van der Waals surface area contributed by atoms with E-state index in [1.54, 1.807) is 6.33 Å². The molecule has 2 atom stereocenters. The third kappa shape index (κ3) is 2.78. The van der Waals surface area contributed by atoms with E-state index in [4.69, 9.17) is 0 Å². The van der Waals surface area contributed by atoms with E-state index in [1.807, 2.05) is 18.5 Å². The predicted octanol–water partition coefficient (Wildman–Crippen LogP) is 0.772. The second-order valence-corrected chi connectivity index (χ2v) is 5.45. The van der Waals surface area contributed by atoms with Crippen molar-refractivity contribution in [2.24, 2.45) is 12.5 Å². The van der Waals surface area contributed by atoms with E-state index in [-0.39, 0.29) is 17.4 Å². The molecule has 6 nitrogen and oxygen atoms in total. The maximum Gasteiger partial charge on any atom is 0.228 e. The van der Waals surface area contributed by atoms with Gasteiger partial charge in [-0.25, -0.2) is 0 Å². The Morgan fingerprint density at radius 3 is 3.00 bits per heavy atom. The fourth-order valence-electron chi connectivity index (χ4n) is 2.84. The largest absolute Gasteiger partial charge is 0.346 e. The molecule has 19 heavy (non-hydrogen) atoms. The lowest BCUT2D eigenvalue weighted by molar-refractivity contribution is -0.131. The van der Waals surface area contributed by atoms with Gasteiger partial charge in [0.1, 0.15) is 6.33 Å². The molecule has 2 unspecified atom stereocenters. The van der Waals surface area contributed by atoms with Crippen LogP contribution in [0, 0.1) is 5.41 Å². The van der Waals surface area contributed by atoms with Crippen LogP contribution in [-0.2, 0) is 11.8 Å². The molecular formula is C13H23N5O. The Morgan fingerprint density at radius 1 is 1.68 bits per heavy atom. The number of nitrogens with zero attached hydrogens (tertiary/aromatic N) is 3. The third-order valence-corrected chi connectivity index (χ3v) is 3.94. The van der Waals surface area contributed by atoms with Gasteiger partial charge >= 0.3 is 0 Å². The van der Waals surface area contributed by atoms with Crippen molar-refractivity contribution in [3.05, 3.63) is 12.2 Å². The van der Waals surface area contributed by atoms with Gasteiger partial charge in [-0.15, -0.1) is 10.2 Å². The van der Waals surface area contributed by atoms with Crippen molar-refractivity contribution in [3.63, 3.8) is 0 Å². The highest BCUT2D eigenvalue weighted by Gasteiger charge is 2.40. The lowest BCUT2D eigenvalue weighted by atomic mass is 9.81. The summed E-state index contributed by atoms with van der Waals surface area (Å²) >= 11 is 0. The Balaban J connectivity index is 2.05. The molecule has 1 aliphatic rings. The second kappa shape index (κ2) is 5.69. The number of aromatic nitrogens is 3. The highest BCUT2D eigenvalue weighted by molar-refractivity contribution is 5.83. The summed E-state index contributed by atoms with van der Waals surface area (Å²) in [5, 5.41) is 14.3. The van der Waals surface area contributed by atoms with Gasteiger partial charge in [0.15, 0.2) is 5.82 Å². The summed E-state index contributed by atoms with van der Waals surface area (Å²) in [6, 6.07) is -0.116. The van der Waals surface area contributed by atoms with Gasteiger partial charge in [0.05, 0.1) is 11.5 Å². The summed E-state index contributed by atoms with van der Waals surface area (Å²) in [5.74, 6) is 0.917. The molecule has 0 aliphatic carbocycles. The molecule has 0 bridgehead atoms. The van der Waals surface area contributed by atoms with Crippen LogP contribution >= 0.6 is 0 Å². The first-order chi connectivity index (χ1) is 9.09. The van der Waals surface area contributed by atoms with Crippen molar-refractivity contribution in [1.29, 1.82) is 0 Å². The standard InChI is InChI=1S/C13H23N5O/c1-4-5-13(6-7-14-8-13)12(19)16-10(2)11-17-15-9-18(11)3/h9-10,14H,4-8H2,1-3H3,(H,16,19). The van der Waals surface area contributed by atoms with Crippen LogP contribution in [0.2, 0.25) is 0 Å². The number of rotatable bonds is 5. The van der Waals surface area contributed by atoms with Crippen LogP contribution in [0.15, 0.2) is 6.33 Å². The normalized spacial score (nSPS) is 24.4. The van der Waals surface area contributed by atoms with Gasteiger partial charge in [-0.2, -0.15) is 0 Å². The topological polar surface area (TPSA) is 71.8 Å². The quantitative estimate of drug-likeness (QED) is 0.825. The summed E-state index contributed by atoms with van der Waals surface area (Å²) in [7, 11) is 1.89. The number of hydrogen-bond donors (Lipinski definition) is 2. The minimum Gasteiger partial charge on any atom is -0.346 e. The maximum atomic E-state index is 12.6. The van der Waals surface area contributed by atoms with Gasteiger partial charge in [0.2, 0.25) is 5.91 Å². The summed E-state index contributed by atoms with van der Waals surface area (Å²) in [6.45, 7) is 5.77. The van der Waals surface area contributed by atoms with Crippen molar-refractivity contribution >= 4 is 5.91 Å². The van der Waals surface area contributed by atoms with Gasteiger partial charge in [-0.1, -0.05) is 13.3 Å².